The molecule has 0 aromatic heterocycles. The second-order valence-corrected chi connectivity index (χ2v) is 3.82. The van der Waals surface area contributed by atoms with Crippen LogP contribution in [0.25, 0.3) is 0 Å². The third-order valence-corrected chi connectivity index (χ3v) is 2.32. The molecule has 0 saturated carbocycles. The van der Waals surface area contributed by atoms with E-state index >= 15 is 0 Å². The topological polar surface area (TPSA) is 61.7 Å². The second kappa shape index (κ2) is 4.91. The lowest BCUT2D eigenvalue weighted by Gasteiger charge is -2.32. The van der Waals surface area contributed by atoms with E-state index in [4.69, 9.17) is 9.84 Å². The third kappa shape index (κ3) is 4.04. The number of hydrogen-bond donors (Lipinski definition) is 3. The molecule has 0 spiro atoms. The van der Waals surface area contributed by atoms with Gasteiger partial charge in [-0.1, -0.05) is 0 Å². The van der Waals surface area contributed by atoms with E-state index in [1.165, 1.54) is 0 Å². The highest BCUT2D eigenvalue weighted by Gasteiger charge is 2.29. The van der Waals surface area contributed by atoms with Crippen molar-refractivity contribution in [1.82, 2.24) is 5.32 Å². The highest BCUT2D eigenvalue weighted by molar-refractivity contribution is 4.83. The van der Waals surface area contributed by atoms with Gasteiger partial charge in [0.25, 0.3) is 0 Å². The Morgan fingerprint density at radius 2 is 2.08 bits per heavy atom. The predicted molar refractivity (Wildman–Crippen MR) is 49.6 cm³/mol. The molecule has 4 nitrogen and oxygen atoms in total. The van der Waals surface area contributed by atoms with Crippen LogP contribution in [-0.4, -0.2) is 48.2 Å². The van der Waals surface area contributed by atoms with Gasteiger partial charge in [0.2, 0.25) is 0 Å². The number of aliphatic hydroxyl groups is 2. The molecule has 0 aromatic carbocycles. The van der Waals surface area contributed by atoms with Gasteiger partial charge in [0.15, 0.2) is 0 Å². The molecule has 1 atom stereocenters. The lowest BCUT2D eigenvalue weighted by atomic mass is 9.94. The predicted octanol–water partition coefficient (Wildman–Crippen LogP) is -0.502. The van der Waals surface area contributed by atoms with Crippen LogP contribution in [0.5, 0.6) is 0 Å². The average molecular weight is 189 g/mol. The molecular formula is C9H19NO3. The number of hydrogen-bond acceptors (Lipinski definition) is 4. The maximum atomic E-state index is 9.96. The Hall–Kier alpha value is -0.160. The van der Waals surface area contributed by atoms with Gasteiger partial charge >= 0.3 is 0 Å². The fourth-order valence-electron chi connectivity index (χ4n) is 1.44. The first kappa shape index (κ1) is 10.9. The summed E-state index contributed by atoms with van der Waals surface area (Å²) in [5, 5.41) is 22.0. The second-order valence-electron chi connectivity index (χ2n) is 3.82. The third-order valence-electron chi connectivity index (χ3n) is 2.32. The molecule has 78 valence electrons. The minimum absolute atomic E-state index is 0.358. The van der Waals surface area contributed by atoms with Crippen molar-refractivity contribution in [2.24, 2.45) is 0 Å². The van der Waals surface area contributed by atoms with Gasteiger partial charge in [-0.15, -0.1) is 0 Å². The Kier molecular flexibility index (Phi) is 4.12. The van der Waals surface area contributed by atoms with Gasteiger partial charge in [-0.3, -0.25) is 0 Å². The first-order chi connectivity index (χ1) is 6.12. The summed E-state index contributed by atoms with van der Waals surface area (Å²) >= 11 is 0. The van der Waals surface area contributed by atoms with Crippen LogP contribution < -0.4 is 5.32 Å². The normalized spacial score (nSPS) is 24.2. The molecule has 3 N–H and O–H groups in total. The summed E-state index contributed by atoms with van der Waals surface area (Å²) in [6.45, 7) is 4.06. The van der Waals surface area contributed by atoms with Crippen molar-refractivity contribution in [2.75, 3.05) is 26.3 Å². The Morgan fingerprint density at radius 1 is 1.46 bits per heavy atom. The molecule has 0 amide bonds. The molecule has 13 heavy (non-hydrogen) atoms. The molecule has 4 heteroatoms. The molecule has 0 bridgehead atoms. The van der Waals surface area contributed by atoms with Crippen LogP contribution in [0.4, 0.5) is 0 Å². The SMILES string of the molecule is C[C@H](O)CNCC1(O)CCOCC1. The largest absolute Gasteiger partial charge is 0.392 e. The van der Waals surface area contributed by atoms with Crippen LogP contribution in [0.1, 0.15) is 19.8 Å². The van der Waals surface area contributed by atoms with Crippen molar-refractivity contribution in [3.05, 3.63) is 0 Å². The van der Waals surface area contributed by atoms with Gasteiger partial charge < -0.3 is 20.3 Å². The first-order valence-corrected chi connectivity index (χ1v) is 4.81. The zero-order valence-corrected chi connectivity index (χ0v) is 8.12. The molecule has 1 rings (SSSR count). The number of rotatable bonds is 4. The van der Waals surface area contributed by atoms with Crippen molar-refractivity contribution >= 4 is 0 Å². The van der Waals surface area contributed by atoms with Crippen LogP contribution in [-0.2, 0) is 4.74 Å². The Bertz CT molecular complexity index is 144. The molecular weight excluding hydrogens is 170 g/mol. The van der Waals surface area contributed by atoms with Gasteiger partial charge in [0.05, 0.1) is 11.7 Å². The molecule has 1 aliphatic heterocycles. The van der Waals surface area contributed by atoms with Gasteiger partial charge in [0.1, 0.15) is 0 Å². The van der Waals surface area contributed by atoms with Gasteiger partial charge in [-0.2, -0.15) is 0 Å². The zero-order valence-electron chi connectivity index (χ0n) is 8.12. The fourth-order valence-corrected chi connectivity index (χ4v) is 1.44. The molecule has 0 aromatic rings. The van der Waals surface area contributed by atoms with Gasteiger partial charge in [0, 0.05) is 39.1 Å². The number of nitrogens with one attached hydrogen (secondary N) is 1. The molecule has 0 unspecified atom stereocenters. The van der Waals surface area contributed by atoms with E-state index in [0.29, 0.717) is 39.1 Å². The molecule has 1 aliphatic rings. The van der Waals surface area contributed by atoms with E-state index in [0.717, 1.165) is 0 Å². The summed E-state index contributed by atoms with van der Waals surface area (Å²) in [5.41, 5.74) is -0.632. The van der Waals surface area contributed by atoms with Crippen LogP contribution >= 0.6 is 0 Å². The lowest BCUT2D eigenvalue weighted by Crippen LogP contribution is -2.46. The van der Waals surface area contributed by atoms with E-state index in [9.17, 15) is 5.11 Å². The minimum atomic E-state index is -0.632. The van der Waals surface area contributed by atoms with E-state index in [1.54, 1.807) is 6.92 Å². The maximum absolute atomic E-state index is 9.96. The fraction of sp³-hybridized carbons (Fsp3) is 1.00. The van der Waals surface area contributed by atoms with Crippen molar-refractivity contribution in [3.8, 4) is 0 Å². The lowest BCUT2D eigenvalue weighted by molar-refractivity contribution is -0.0622. The smallest absolute Gasteiger partial charge is 0.0815 e. The molecule has 1 heterocycles. The van der Waals surface area contributed by atoms with Crippen molar-refractivity contribution in [3.63, 3.8) is 0 Å². The van der Waals surface area contributed by atoms with E-state index in [2.05, 4.69) is 5.32 Å². The maximum Gasteiger partial charge on any atom is 0.0815 e. The summed E-state index contributed by atoms with van der Waals surface area (Å²) in [7, 11) is 0. The quantitative estimate of drug-likeness (QED) is 0.558. The molecule has 0 aliphatic carbocycles. The van der Waals surface area contributed by atoms with Gasteiger partial charge in [-0.25, -0.2) is 0 Å². The summed E-state index contributed by atoms with van der Waals surface area (Å²) < 4.78 is 5.16. The summed E-state index contributed by atoms with van der Waals surface area (Å²) in [6.07, 6.45) is 1.00. The monoisotopic (exact) mass is 189 g/mol. The van der Waals surface area contributed by atoms with Crippen LogP contribution in [0.3, 0.4) is 0 Å². The number of aliphatic hydroxyl groups excluding tert-OH is 1. The van der Waals surface area contributed by atoms with E-state index < -0.39 is 5.60 Å². The van der Waals surface area contributed by atoms with Crippen LogP contribution in [0, 0.1) is 0 Å². The minimum Gasteiger partial charge on any atom is -0.392 e. The van der Waals surface area contributed by atoms with Crippen molar-refractivity contribution in [2.45, 2.75) is 31.5 Å². The highest BCUT2D eigenvalue weighted by atomic mass is 16.5. The van der Waals surface area contributed by atoms with Crippen LogP contribution in [0.2, 0.25) is 0 Å². The summed E-state index contributed by atoms with van der Waals surface area (Å²) in [4.78, 5) is 0. The summed E-state index contributed by atoms with van der Waals surface area (Å²) in [6, 6.07) is 0. The standard InChI is InChI=1S/C9H19NO3/c1-8(11)6-10-7-9(12)2-4-13-5-3-9/h8,10-12H,2-7H2,1H3/t8-/m0/s1. The van der Waals surface area contributed by atoms with Crippen LogP contribution in [0.15, 0.2) is 0 Å². The van der Waals surface area contributed by atoms with Crippen molar-refractivity contribution < 1.29 is 14.9 Å². The Morgan fingerprint density at radius 3 is 2.62 bits per heavy atom. The number of ether oxygens (including phenoxy) is 1. The van der Waals surface area contributed by atoms with Crippen molar-refractivity contribution in [1.29, 1.82) is 0 Å². The molecule has 0 radical (unpaired) electrons. The molecule has 1 fully saturated rings. The average Bonchev–Trinajstić information content (AvgIpc) is 2.04. The van der Waals surface area contributed by atoms with E-state index in [1.807, 2.05) is 0 Å². The zero-order chi connectivity index (χ0) is 9.73. The van der Waals surface area contributed by atoms with Gasteiger partial charge in [-0.05, 0) is 6.92 Å². The Balaban J connectivity index is 2.17. The Labute approximate surface area is 78.9 Å². The highest BCUT2D eigenvalue weighted by Crippen LogP contribution is 2.18. The summed E-state index contributed by atoms with van der Waals surface area (Å²) in [5.74, 6) is 0. The van der Waals surface area contributed by atoms with E-state index in [-0.39, 0.29) is 6.10 Å². The first-order valence-electron chi connectivity index (χ1n) is 4.81. The molecule has 1 saturated heterocycles.